The zero-order chi connectivity index (χ0) is 26.1. The number of piperazine rings is 1. The van der Waals surface area contributed by atoms with Crippen LogP contribution in [0.15, 0.2) is 41.2 Å². The fourth-order valence-corrected chi connectivity index (χ4v) is 5.45. The van der Waals surface area contributed by atoms with Gasteiger partial charge < -0.3 is 14.6 Å². The Labute approximate surface area is 217 Å². The van der Waals surface area contributed by atoms with Crippen LogP contribution in [0.2, 0.25) is 0 Å². The van der Waals surface area contributed by atoms with Gasteiger partial charge in [0.2, 0.25) is 0 Å². The quantitative estimate of drug-likeness (QED) is 0.415. The molecule has 0 saturated carbocycles. The van der Waals surface area contributed by atoms with Crippen LogP contribution in [-0.2, 0) is 11.3 Å². The van der Waals surface area contributed by atoms with Crippen LogP contribution in [-0.4, -0.2) is 70.0 Å². The minimum absolute atomic E-state index is 0.109. The molecule has 0 spiro atoms. The third-order valence-corrected chi connectivity index (χ3v) is 7.52. The van der Waals surface area contributed by atoms with Gasteiger partial charge in [-0.3, -0.25) is 9.69 Å². The van der Waals surface area contributed by atoms with Gasteiger partial charge in [0.1, 0.15) is 6.04 Å². The van der Waals surface area contributed by atoms with Crippen molar-refractivity contribution in [3.05, 3.63) is 80.4 Å². The highest BCUT2D eigenvalue weighted by molar-refractivity contribution is 5.83. The molecular weight excluding hydrogens is 466 g/mol. The molecule has 1 atom stereocenters. The second-order valence-corrected chi connectivity index (χ2v) is 10.00. The number of hydrogen-bond donors (Lipinski definition) is 1. The first-order chi connectivity index (χ1) is 17.9. The molecule has 1 N–H and O–H groups in total. The molecule has 1 unspecified atom stereocenters. The van der Waals surface area contributed by atoms with Gasteiger partial charge in [-0.2, -0.15) is 0 Å². The first-order valence-electron chi connectivity index (χ1n) is 12.8. The van der Waals surface area contributed by atoms with Gasteiger partial charge in [-0.15, -0.1) is 5.10 Å². The van der Waals surface area contributed by atoms with Crippen molar-refractivity contribution in [2.45, 2.75) is 40.3 Å². The smallest absolute Gasteiger partial charge is 0.253 e. The SMILES string of the molecule is COCCn1nnnc1C(c1cc2cc(C)cc(C)c2[nH]c1=O)N1CCN(c2cccc(C)c2C)CC1. The van der Waals surface area contributed by atoms with E-state index in [4.69, 9.17) is 4.74 Å². The maximum Gasteiger partial charge on any atom is 0.253 e. The van der Waals surface area contributed by atoms with Gasteiger partial charge in [0.05, 0.1) is 18.7 Å². The molecule has 1 saturated heterocycles. The maximum atomic E-state index is 13.5. The number of tetrazole rings is 1. The molecule has 1 fully saturated rings. The summed E-state index contributed by atoms with van der Waals surface area (Å²) in [4.78, 5) is 21.5. The molecule has 2 aromatic carbocycles. The topological polar surface area (TPSA) is 92.2 Å². The molecule has 1 aliphatic rings. The molecule has 194 valence electrons. The molecule has 0 radical (unpaired) electrons. The summed E-state index contributed by atoms with van der Waals surface area (Å²) >= 11 is 0. The summed E-state index contributed by atoms with van der Waals surface area (Å²) < 4.78 is 7.05. The zero-order valence-electron chi connectivity index (χ0n) is 22.3. The summed E-state index contributed by atoms with van der Waals surface area (Å²) in [7, 11) is 1.66. The van der Waals surface area contributed by atoms with E-state index >= 15 is 0 Å². The lowest BCUT2D eigenvalue weighted by atomic mass is 10.00. The molecule has 2 aromatic heterocycles. The fraction of sp³-hybridized carbons (Fsp3) is 0.429. The fourth-order valence-electron chi connectivity index (χ4n) is 5.45. The highest BCUT2D eigenvalue weighted by Gasteiger charge is 2.33. The number of rotatable bonds is 7. The Morgan fingerprint density at radius 3 is 2.57 bits per heavy atom. The Morgan fingerprint density at radius 1 is 1.03 bits per heavy atom. The van der Waals surface area contributed by atoms with Crippen LogP contribution in [0.5, 0.6) is 0 Å². The van der Waals surface area contributed by atoms with Crippen molar-refractivity contribution in [2.24, 2.45) is 0 Å². The van der Waals surface area contributed by atoms with Crippen molar-refractivity contribution in [2.75, 3.05) is 44.8 Å². The summed E-state index contributed by atoms with van der Waals surface area (Å²) in [5, 5.41) is 13.6. The average molecular weight is 502 g/mol. The van der Waals surface area contributed by atoms with Crippen LogP contribution in [0, 0.1) is 27.7 Å². The number of aromatic nitrogens is 5. The number of pyridine rings is 1. The molecule has 4 aromatic rings. The summed E-state index contributed by atoms with van der Waals surface area (Å²) in [5.74, 6) is 0.659. The summed E-state index contributed by atoms with van der Waals surface area (Å²) in [6.45, 7) is 12.7. The lowest BCUT2D eigenvalue weighted by Crippen LogP contribution is -2.49. The van der Waals surface area contributed by atoms with Crippen molar-refractivity contribution >= 4 is 16.6 Å². The lowest BCUT2D eigenvalue weighted by Gasteiger charge is -2.40. The number of nitrogens with one attached hydrogen (secondary N) is 1. The van der Waals surface area contributed by atoms with Gasteiger partial charge in [0, 0.05) is 44.5 Å². The number of methoxy groups -OCH3 is 1. The Kier molecular flexibility index (Phi) is 7.08. The predicted octanol–water partition coefficient (Wildman–Crippen LogP) is 3.31. The van der Waals surface area contributed by atoms with Gasteiger partial charge >= 0.3 is 0 Å². The number of fused-ring (bicyclic) bond motifs is 1. The van der Waals surface area contributed by atoms with Crippen LogP contribution < -0.4 is 10.5 Å². The van der Waals surface area contributed by atoms with E-state index in [0.717, 1.165) is 48.2 Å². The lowest BCUT2D eigenvalue weighted by molar-refractivity contribution is 0.171. The van der Waals surface area contributed by atoms with Crippen LogP contribution >= 0.6 is 0 Å². The number of aryl methyl sites for hydroxylation is 3. The molecule has 5 rings (SSSR count). The Hall–Kier alpha value is -3.56. The summed E-state index contributed by atoms with van der Waals surface area (Å²) in [6, 6.07) is 12.3. The predicted molar refractivity (Wildman–Crippen MR) is 145 cm³/mol. The van der Waals surface area contributed by atoms with Crippen LogP contribution in [0.1, 0.15) is 39.7 Å². The summed E-state index contributed by atoms with van der Waals surface area (Å²) in [5.41, 5.74) is 7.52. The largest absolute Gasteiger partial charge is 0.383 e. The van der Waals surface area contributed by atoms with E-state index in [-0.39, 0.29) is 11.6 Å². The van der Waals surface area contributed by atoms with Crippen LogP contribution in [0.25, 0.3) is 10.9 Å². The zero-order valence-corrected chi connectivity index (χ0v) is 22.3. The minimum atomic E-state index is -0.374. The first kappa shape index (κ1) is 25.1. The van der Waals surface area contributed by atoms with Crippen LogP contribution in [0.3, 0.4) is 0 Å². The molecule has 1 aliphatic heterocycles. The number of hydrogen-bond acceptors (Lipinski definition) is 7. The second kappa shape index (κ2) is 10.4. The van der Waals surface area contributed by atoms with Crippen LogP contribution in [0.4, 0.5) is 5.69 Å². The highest BCUT2D eigenvalue weighted by Crippen LogP contribution is 2.30. The van der Waals surface area contributed by atoms with Crippen molar-refractivity contribution in [1.29, 1.82) is 0 Å². The average Bonchev–Trinajstić information content (AvgIpc) is 3.34. The molecule has 0 bridgehead atoms. The van der Waals surface area contributed by atoms with Gasteiger partial charge in [-0.05, 0) is 78.4 Å². The normalized spacial score (nSPS) is 15.4. The number of nitrogens with zero attached hydrogens (tertiary/aromatic N) is 6. The molecule has 0 amide bonds. The monoisotopic (exact) mass is 501 g/mol. The minimum Gasteiger partial charge on any atom is -0.383 e. The molecular formula is C28H35N7O2. The molecule has 0 aliphatic carbocycles. The number of benzene rings is 2. The Bertz CT molecular complexity index is 1470. The van der Waals surface area contributed by atoms with Gasteiger partial charge in [0.25, 0.3) is 5.56 Å². The second-order valence-electron chi connectivity index (χ2n) is 10.00. The highest BCUT2D eigenvalue weighted by atomic mass is 16.5. The maximum absolute atomic E-state index is 13.5. The standard InChI is InChI=1S/C28H35N7O2/c1-18-15-20(3)25-22(16-18)17-23(28(36)29-25)26(27-30-31-32-35(27)13-14-37-5)34-11-9-33(10-12-34)24-8-6-7-19(2)21(24)4/h6-8,15-17,26H,9-14H2,1-5H3,(H,29,36). The van der Waals surface area contributed by atoms with Gasteiger partial charge in [0.15, 0.2) is 5.82 Å². The number of aromatic amines is 1. The van der Waals surface area contributed by atoms with Crippen molar-refractivity contribution in [1.82, 2.24) is 30.1 Å². The first-order valence-corrected chi connectivity index (χ1v) is 12.8. The number of H-pyrrole nitrogens is 1. The van der Waals surface area contributed by atoms with Crippen molar-refractivity contribution in [3.63, 3.8) is 0 Å². The molecule has 37 heavy (non-hydrogen) atoms. The van der Waals surface area contributed by atoms with E-state index in [9.17, 15) is 4.79 Å². The van der Waals surface area contributed by atoms with Gasteiger partial charge in [-0.1, -0.05) is 23.8 Å². The van der Waals surface area contributed by atoms with Gasteiger partial charge in [-0.25, -0.2) is 4.68 Å². The van der Waals surface area contributed by atoms with E-state index in [1.54, 1.807) is 11.8 Å². The van der Waals surface area contributed by atoms with Crippen molar-refractivity contribution < 1.29 is 4.74 Å². The molecule has 3 heterocycles. The molecule has 9 nitrogen and oxygen atoms in total. The molecule has 9 heteroatoms. The van der Waals surface area contributed by atoms with E-state index < -0.39 is 0 Å². The Morgan fingerprint density at radius 2 is 1.81 bits per heavy atom. The van der Waals surface area contributed by atoms with E-state index in [2.05, 4.69) is 81.4 Å². The number of anilines is 1. The summed E-state index contributed by atoms with van der Waals surface area (Å²) in [6.07, 6.45) is 0. The third-order valence-electron chi connectivity index (χ3n) is 7.52. The van der Waals surface area contributed by atoms with Crippen molar-refractivity contribution in [3.8, 4) is 0 Å². The third kappa shape index (κ3) is 4.89. The Balaban J connectivity index is 1.54. The van der Waals surface area contributed by atoms with E-state index in [0.29, 0.717) is 24.5 Å². The number of ether oxygens (including phenoxy) is 1. The van der Waals surface area contributed by atoms with E-state index in [1.807, 2.05) is 13.0 Å². The van der Waals surface area contributed by atoms with E-state index in [1.165, 1.54) is 16.8 Å².